The molecule has 0 amide bonds. The molecule has 1 saturated heterocycles. The van der Waals surface area contributed by atoms with Crippen LogP contribution in [0.2, 0.25) is 0 Å². The summed E-state index contributed by atoms with van der Waals surface area (Å²) in [5, 5.41) is 3.47. The molecule has 8 nitrogen and oxygen atoms in total. The van der Waals surface area contributed by atoms with E-state index in [4.69, 9.17) is 9.47 Å². The van der Waals surface area contributed by atoms with Gasteiger partial charge in [-0.05, 0) is 37.0 Å². The topological polar surface area (TPSA) is 84.8 Å². The van der Waals surface area contributed by atoms with Gasteiger partial charge in [0.2, 0.25) is 5.95 Å². The molecule has 1 aliphatic heterocycles. The first-order valence-electron chi connectivity index (χ1n) is 11.1. The quantitative estimate of drug-likeness (QED) is 0.177. The molecule has 0 atom stereocenters. The molecule has 0 aliphatic carbocycles. The predicted octanol–water partition coefficient (Wildman–Crippen LogP) is 5.68. The highest BCUT2D eigenvalue weighted by Gasteiger charge is 2.42. The maximum Gasteiger partial charge on any atom is 0.422 e. The van der Waals surface area contributed by atoms with Crippen LogP contribution >= 0.6 is 0 Å². The first kappa shape index (κ1) is 26.9. The van der Waals surface area contributed by atoms with Gasteiger partial charge in [-0.1, -0.05) is 12.1 Å². The van der Waals surface area contributed by atoms with Gasteiger partial charge < -0.3 is 14.4 Å². The lowest BCUT2D eigenvalue weighted by Crippen LogP contribution is -2.31. The minimum absolute atomic E-state index is 0.0394. The van der Waals surface area contributed by atoms with E-state index in [2.05, 4.69) is 20.1 Å². The Hall–Kier alpha value is -4.17. The molecule has 0 spiro atoms. The fourth-order valence-electron chi connectivity index (χ4n) is 3.61. The number of nitrogens with zero attached hydrogens (tertiary/aromatic N) is 5. The average Bonchev–Trinajstić information content (AvgIpc) is 2.89. The van der Waals surface area contributed by atoms with E-state index >= 15 is 0 Å². The Bertz CT molecular complexity index is 1320. The molecule has 15 heteroatoms. The zero-order chi connectivity index (χ0) is 27.4. The fourth-order valence-corrected chi connectivity index (χ4v) is 3.61. The molecular formula is C23H19F7N6O2. The van der Waals surface area contributed by atoms with Crippen molar-refractivity contribution in [3.8, 4) is 17.8 Å². The third-order valence-corrected chi connectivity index (χ3v) is 5.41. The van der Waals surface area contributed by atoms with E-state index in [1.165, 1.54) is 25.3 Å². The van der Waals surface area contributed by atoms with Crippen LogP contribution in [0.25, 0.3) is 0 Å². The molecule has 1 N–H and O–H groups in total. The van der Waals surface area contributed by atoms with Gasteiger partial charge in [-0.25, -0.2) is 17.6 Å². The summed E-state index contributed by atoms with van der Waals surface area (Å²) in [5.74, 6) is -9.15. The van der Waals surface area contributed by atoms with Crippen molar-refractivity contribution in [3.63, 3.8) is 0 Å². The van der Waals surface area contributed by atoms with Crippen molar-refractivity contribution in [1.82, 2.24) is 15.0 Å². The SMILES string of the molecule is COc1nc(Oc2cccc(/C=N\Nc3c(F)c(F)c(C(F)(F)F)c(F)c3F)c2)nc(N2CCCCC2)n1. The van der Waals surface area contributed by atoms with Gasteiger partial charge in [0.05, 0.1) is 13.3 Å². The first-order chi connectivity index (χ1) is 18.1. The number of hydrazone groups is 1. The third-order valence-electron chi connectivity index (χ3n) is 5.41. The van der Waals surface area contributed by atoms with Gasteiger partial charge in [-0.2, -0.15) is 28.2 Å². The Morgan fingerprint density at radius 3 is 2.21 bits per heavy atom. The standard InChI is InChI=1S/C23H19F7N6O2/c1-37-21-32-20(36-8-3-2-4-9-36)33-22(34-21)38-13-7-5-6-12(10-13)11-31-35-19-17(26)15(24)14(23(28,29)30)16(25)18(19)27/h5-7,10-11,35H,2-4,8-9H2,1H3/b31-11-. The molecule has 202 valence electrons. The van der Waals surface area contributed by atoms with Gasteiger partial charge in [0, 0.05) is 13.1 Å². The van der Waals surface area contributed by atoms with Crippen molar-refractivity contribution in [2.75, 3.05) is 30.5 Å². The maximum absolute atomic E-state index is 14.0. The summed E-state index contributed by atoms with van der Waals surface area (Å²) in [6.45, 7) is 1.53. The van der Waals surface area contributed by atoms with E-state index in [0.717, 1.165) is 38.6 Å². The summed E-state index contributed by atoms with van der Waals surface area (Å²) < 4.78 is 105. The van der Waals surface area contributed by atoms with Crippen LogP contribution in [-0.2, 0) is 6.18 Å². The number of alkyl halides is 3. The van der Waals surface area contributed by atoms with E-state index in [1.54, 1.807) is 11.5 Å². The molecule has 4 rings (SSSR count). The number of rotatable bonds is 7. The summed E-state index contributed by atoms with van der Waals surface area (Å²) in [6.07, 6.45) is -1.58. The van der Waals surface area contributed by atoms with Crippen molar-refractivity contribution < 1.29 is 40.2 Å². The molecule has 0 bridgehead atoms. The Balaban J connectivity index is 1.52. The molecule has 3 aromatic rings. The number of nitrogens with one attached hydrogen (secondary N) is 1. The van der Waals surface area contributed by atoms with E-state index in [0.29, 0.717) is 5.95 Å². The summed E-state index contributed by atoms with van der Waals surface area (Å²) in [6, 6.07) is 5.96. The van der Waals surface area contributed by atoms with Crippen LogP contribution in [0, 0.1) is 23.3 Å². The van der Waals surface area contributed by atoms with Crippen molar-refractivity contribution in [2.45, 2.75) is 25.4 Å². The van der Waals surface area contributed by atoms with Crippen LogP contribution in [0.3, 0.4) is 0 Å². The van der Waals surface area contributed by atoms with Gasteiger partial charge >= 0.3 is 18.2 Å². The second-order valence-electron chi connectivity index (χ2n) is 8.00. The zero-order valence-electron chi connectivity index (χ0n) is 19.6. The van der Waals surface area contributed by atoms with Crippen molar-refractivity contribution in [3.05, 3.63) is 58.7 Å². The lowest BCUT2D eigenvalue weighted by atomic mass is 10.1. The molecular weight excluding hydrogens is 525 g/mol. The number of aromatic nitrogens is 3. The van der Waals surface area contributed by atoms with Crippen molar-refractivity contribution >= 4 is 17.9 Å². The molecule has 2 aromatic carbocycles. The third kappa shape index (κ3) is 5.86. The summed E-state index contributed by atoms with van der Waals surface area (Å²) in [7, 11) is 1.39. The zero-order valence-corrected chi connectivity index (χ0v) is 19.6. The molecule has 38 heavy (non-hydrogen) atoms. The van der Waals surface area contributed by atoms with Crippen molar-refractivity contribution in [2.24, 2.45) is 5.10 Å². The molecule has 0 radical (unpaired) electrons. The van der Waals surface area contributed by atoms with Gasteiger partial charge in [-0.3, -0.25) is 5.43 Å². The number of hydrogen-bond acceptors (Lipinski definition) is 8. The molecule has 0 unspecified atom stereocenters. The summed E-state index contributed by atoms with van der Waals surface area (Å²) in [4.78, 5) is 14.6. The number of methoxy groups -OCH3 is 1. The van der Waals surface area contributed by atoms with Gasteiger partial charge in [0.1, 0.15) is 17.0 Å². The second-order valence-corrected chi connectivity index (χ2v) is 8.00. The normalized spacial score (nSPS) is 14.2. The molecule has 1 aromatic heterocycles. The van der Waals surface area contributed by atoms with Crippen LogP contribution < -0.4 is 19.8 Å². The van der Waals surface area contributed by atoms with Crippen LogP contribution in [0.15, 0.2) is 29.4 Å². The lowest BCUT2D eigenvalue weighted by molar-refractivity contribution is -0.143. The minimum Gasteiger partial charge on any atom is -0.467 e. The molecule has 1 aliphatic rings. The highest BCUT2D eigenvalue weighted by molar-refractivity contribution is 5.80. The van der Waals surface area contributed by atoms with E-state index in [-0.39, 0.29) is 23.3 Å². The molecule has 2 heterocycles. The highest BCUT2D eigenvalue weighted by atomic mass is 19.4. The molecule has 0 saturated carbocycles. The van der Waals surface area contributed by atoms with Gasteiger partial charge in [0.25, 0.3) is 0 Å². The minimum atomic E-state index is -5.64. The van der Waals surface area contributed by atoms with Crippen LogP contribution in [0.5, 0.6) is 17.8 Å². The number of anilines is 2. The predicted molar refractivity (Wildman–Crippen MR) is 121 cm³/mol. The van der Waals surface area contributed by atoms with Gasteiger partial charge in [-0.15, -0.1) is 4.98 Å². The lowest BCUT2D eigenvalue weighted by Gasteiger charge is -2.26. The van der Waals surface area contributed by atoms with Crippen LogP contribution in [-0.4, -0.2) is 41.4 Å². The highest BCUT2D eigenvalue weighted by Crippen LogP contribution is 2.38. The Labute approximate surface area is 211 Å². The maximum atomic E-state index is 14.0. The monoisotopic (exact) mass is 544 g/mol. The number of hydrogen-bond donors (Lipinski definition) is 1. The number of ether oxygens (including phenoxy) is 2. The smallest absolute Gasteiger partial charge is 0.422 e. The summed E-state index contributed by atoms with van der Waals surface area (Å²) >= 11 is 0. The Kier molecular flexibility index (Phi) is 7.83. The number of benzene rings is 2. The largest absolute Gasteiger partial charge is 0.467 e. The van der Waals surface area contributed by atoms with Gasteiger partial charge in [0.15, 0.2) is 23.3 Å². The fraction of sp³-hybridized carbons (Fsp3) is 0.304. The number of halogens is 7. The second kappa shape index (κ2) is 11.1. The molecule has 1 fully saturated rings. The summed E-state index contributed by atoms with van der Waals surface area (Å²) in [5.41, 5.74) is -2.23. The van der Waals surface area contributed by atoms with Crippen LogP contribution in [0.1, 0.15) is 30.4 Å². The van der Waals surface area contributed by atoms with E-state index < -0.39 is 40.7 Å². The average molecular weight is 544 g/mol. The Morgan fingerprint density at radius 1 is 0.921 bits per heavy atom. The number of piperidine rings is 1. The Morgan fingerprint density at radius 2 is 1.58 bits per heavy atom. The van der Waals surface area contributed by atoms with E-state index in [9.17, 15) is 30.7 Å². The van der Waals surface area contributed by atoms with E-state index in [1.807, 2.05) is 4.90 Å². The first-order valence-corrected chi connectivity index (χ1v) is 11.1. The van der Waals surface area contributed by atoms with Crippen molar-refractivity contribution in [1.29, 1.82) is 0 Å². The van der Waals surface area contributed by atoms with Crippen LogP contribution in [0.4, 0.5) is 42.4 Å².